The van der Waals surface area contributed by atoms with Crippen molar-refractivity contribution >= 4 is 27.8 Å². The molecule has 0 spiro atoms. The van der Waals surface area contributed by atoms with Gasteiger partial charge in [-0.2, -0.15) is 0 Å². The minimum absolute atomic E-state index is 0.0312. The maximum atomic E-state index is 10.3. The van der Waals surface area contributed by atoms with Crippen LogP contribution < -0.4 is 5.73 Å². The number of aliphatic hydroxyl groups excluding tert-OH is 1. The van der Waals surface area contributed by atoms with Gasteiger partial charge in [-0.1, -0.05) is 27.2 Å². The van der Waals surface area contributed by atoms with E-state index < -0.39 is 0 Å². The number of hydrogen-bond donors (Lipinski definition) is 3. The average Bonchev–Trinajstić information content (AvgIpc) is 2.92. The van der Waals surface area contributed by atoms with Crippen LogP contribution in [0.2, 0.25) is 0 Å². The SMILES string of the molecule is CCCCc1nc2c(N)nc3cc(O)c(C(C)C)cc3c2n1CCO. The van der Waals surface area contributed by atoms with Gasteiger partial charge >= 0.3 is 0 Å². The van der Waals surface area contributed by atoms with Crippen molar-refractivity contribution in [2.24, 2.45) is 0 Å². The number of aryl methyl sites for hydroxylation is 1. The molecule has 6 heteroatoms. The van der Waals surface area contributed by atoms with E-state index in [0.29, 0.717) is 23.4 Å². The molecule has 0 aliphatic heterocycles. The number of benzene rings is 1. The molecule has 2 aromatic heterocycles. The Hall–Kier alpha value is -2.34. The highest BCUT2D eigenvalue weighted by atomic mass is 16.3. The van der Waals surface area contributed by atoms with E-state index in [-0.39, 0.29) is 18.3 Å². The molecule has 1 aromatic carbocycles. The van der Waals surface area contributed by atoms with Gasteiger partial charge in [0.2, 0.25) is 0 Å². The molecular weight excluding hydrogens is 316 g/mol. The Morgan fingerprint density at radius 2 is 2.00 bits per heavy atom. The van der Waals surface area contributed by atoms with Crippen LogP contribution in [0.3, 0.4) is 0 Å². The molecule has 134 valence electrons. The molecule has 0 aliphatic carbocycles. The molecule has 0 radical (unpaired) electrons. The second-order valence-electron chi connectivity index (χ2n) is 6.78. The Bertz CT molecular complexity index is 915. The number of fused-ring (bicyclic) bond motifs is 3. The molecular formula is C19H26N4O2. The van der Waals surface area contributed by atoms with Gasteiger partial charge in [-0.05, 0) is 24.0 Å². The van der Waals surface area contributed by atoms with Crippen molar-refractivity contribution in [1.82, 2.24) is 14.5 Å². The summed E-state index contributed by atoms with van der Waals surface area (Å²) >= 11 is 0. The molecule has 3 aromatic rings. The van der Waals surface area contributed by atoms with Crippen LogP contribution in [-0.4, -0.2) is 31.4 Å². The van der Waals surface area contributed by atoms with Crippen LogP contribution in [0.1, 0.15) is 50.9 Å². The number of hydrogen-bond acceptors (Lipinski definition) is 5. The zero-order valence-electron chi connectivity index (χ0n) is 15.1. The first-order valence-corrected chi connectivity index (χ1v) is 8.90. The summed E-state index contributed by atoms with van der Waals surface area (Å²) in [5, 5.41) is 20.7. The number of nitrogens with zero attached hydrogens (tertiary/aromatic N) is 3. The molecule has 0 unspecified atom stereocenters. The second kappa shape index (κ2) is 6.88. The lowest BCUT2D eigenvalue weighted by atomic mass is 9.99. The van der Waals surface area contributed by atoms with Crippen molar-refractivity contribution in [3.8, 4) is 5.75 Å². The van der Waals surface area contributed by atoms with Gasteiger partial charge in [0.1, 0.15) is 17.1 Å². The van der Waals surface area contributed by atoms with E-state index in [2.05, 4.69) is 11.9 Å². The Morgan fingerprint density at radius 1 is 1.24 bits per heavy atom. The topological polar surface area (TPSA) is 97.2 Å². The highest BCUT2D eigenvalue weighted by Gasteiger charge is 2.19. The molecule has 3 rings (SSSR count). The van der Waals surface area contributed by atoms with E-state index in [1.807, 2.05) is 24.5 Å². The number of phenols is 1. The fraction of sp³-hybridized carbons (Fsp3) is 0.474. The van der Waals surface area contributed by atoms with Gasteiger partial charge in [-0.15, -0.1) is 0 Å². The summed E-state index contributed by atoms with van der Waals surface area (Å²) in [6.45, 7) is 6.72. The summed E-state index contributed by atoms with van der Waals surface area (Å²) in [6.07, 6.45) is 2.93. The molecule has 25 heavy (non-hydrogen) atoms. The lowest BCUT2D eigenvalue weighted by Gasteiger charge is -2.13. The van der Waals surface area contributed by atoms with Crippen molar-refractivity contribution in [3.63, 3.8) is 0 Å². The van der Waals surface area contributed by atoms with Gasteiger partial charge in [-0.3, -0.25) is 0 Å². The third-order valence-corrected chi connectivity index (χ3v) is 4.63. The largest absolute Gasteiger partial charge is 0.508 e. The van der Waals surface area contributed by atoms with Gasteiger partial charge < -0.3 is 20.5 Å². The van der Waals surface area contributed by atoms with Crippen molar-refractivity contribution < 1.29 is 10.2 Å². The number of rotatable bonds is 6. The molecule has 0 saturated carbocycles. The monoisotopic (exact) mass is 342 g/mol. The standard InChI is InChI=1S/C19H26N4O2/c1-4-5-6-16-22-17-18(23(16)7-8-24)13-9-12(11(2)3)15(25)10-14(13)21-19(17)20/h9-11,24-25H,4-8H2,1-3H3,(H2,20,21). The molecule has 0 atom stereocenters. The fourth-order valence-corrected chi connectivity index (χ4v) is 3.34. The summed E-state index contributed by atoms with van der Waals surface area (Å²) in [5.74, 6) is 1.69. The lowest BCUT2D eigenvalue weighted by molar-refractivity contribution is 0.276. The lowest BCUT2D eigenvalue weighted by Crippen LogP contribution is -2.07. The maximum absolute atomic E-state index is 10.3. The quantitative estimate of drug-likeness (QED) is 0.638. The van der Waals surface area contributed by atoms with Crippen LogP contribution in [0.15, 0.2) is 12.1 Å². The third-order valence-electron chi connectivity index (χ3n) is 4.63. The smallest absolute Gasteiger partial charge is 0.152 e. The van der Waals surface area contributed by atoms with E-state index in [1.54, 1.807) is 6.07 Å². The van der Waals surface area contributed by atoms with E-state index in [1.165, 1.54) is 0 Å². The first-order chi connectivity index (χ1) is 12.0. The van der Waals surface area contributed by atoms with E-state index >= 15 is 0 Å². The van der Waals surface area contributed by atoms with Gasteiger partial charge in [0.25, 0.3) is 0 Å². The maximum Gasteiger partial charge on any atom is 0.152 e. The predicted molar refractivity (Wildman–Crippen MR) is 101 cm³/mol. The van der Waals surface area contributed by atoms with Crippen LogP contribution in [0.5, 0.6) is 5.75 Å². The van der Waals surface area contributed by atoms with Gasteiger partial charge in [0.05, 0.1) is 17.6 Å². The number of aromatic hydroxyl groups is 1. The van der Waals surface area contributed by atoms with Gasteiger partial charge in [-0.25, -0.2) is 9.97 Å². The number of nitrogens with two attached hydrogens (primary N) is 1. The molecule has 2 heterocycles. The first kappa shape index (κ1) is 17.5. The minimum atomic E-state index is 0.0312. The van der Waals surface area contributed by atoms with Crippen molar-refractivity contribution in [3.05, 3.63) is 23.5 Å². The highest BCUT2D eigenvalue weighted by molar-refractivity contribution is 6.07. The molecule has 0 amide bonds. The minimum Gasteiger partial charge on any atom is -0.508 e. The Morgan fingerprint density at radius 3 is 2.64 bits per heavy atom. The number of unbranched alkanes of at least 4 members (excludes halogenated alkanes) is 1. The normalized spacial score (nSPS) is 11.9. The average molecular weight is 342 g/mol. The van der Waals surface area contributed by atoms with Crippen molar-refractivity contribution in [1.29, 1.82) is 0 Å². The number of nitrogen functional groups attached to an aromatic ring is 1. The van der Waals surface area contributed by atoms with Crippen LogP contribution in [0.4, 0.5) is 5.82 Å². The number of imidazole rings is 1. The molecule has 0 bridgehead atoms. The van der Waals surface area contributed by atoms with Crippen LogP contribution >= 0.6 is 0 Å². The number of anilines is 1. The third kappa shape index (κ3) is 3.02. The zero-order chi connectivity index (χ0) is 18.1. The molecule has 4 N–H and O–H groups in total. The van der Waals surface area contributed by atoms with Crippen molar-refractivity contribution in [2.45, 2.75) is 52.5 Å². The molecule has 0 fully saturated rings. The van der Waals surface area contributed by atoms with Gasteiger partial charge in [0, 0.05) is 24.4 Å². The summed E-state index contributed by atoms with van der Waals surface area (Å²) in [7, 11) is 0. The summed E-state index contributed by atoms with van der Waals surface area (Å²) in [6, 6.07) is 3.64. The fourth-order valence-electron chi connectivity index (χ4n) is 3.34. The molecule has 0 aliphatic rings. The predicted octanol–water partition coefficient (Wildman–Crippen LogP) is 3.33. The summed E-state index contributed by atoms with van der Waals surface area (Å²) in [4.78, 5) is 9.16. The molecule has 0 saturated heterocycles. The van der Waals surface area contributed by atoms with E-state index in [9.17, 15) is 10.2 Å². The van der Waals surface area contributed by atoms with E-state index in [4.69, 9.17) is 10.7 Å². The second-order valence-corrected chi connectivity index (χ2v) is 6.78. The number of phenolic OH excluding ortho intramolecular Hbond substituents is 1. The van der Waals surface area contributed by atoms with Crippen molar-refractivity contribution in [2.75, 3.05) is 12.3 Å². The highest BCUT2D eigenvalue weighted by Crippen LogP contribution is 2.35. The van der Waals surface area contributed by atoms with Crippen LogP contribution in [-0.2, 0) is 13.0 Å². The Labute approximate surface area is 147 Å². The number of aliphatic hydroxyl groups is 1. The van der Waals surface area contributed by atoms with Crippen LogP contribution in [0, 0.1) is 0 Å². The van der Waals surface area contributed by atoms with Gasteiger partial charge in [0.15, 0.2) is 5.82 Å². The Balaban J connectivity index is 2.37. The Kier molecular flexibility index (Phi) is 4.81. The zero-order valence-corrected chi connectivity index (χ0v) is 15.1. The summed E-state index contributed by atoms with van der Waals surface area (Å²) in [5.41, 5.74) is 9.23. The first-order valence-electron chi connectivity index (χ1n) is 8.90. The molecule has 6 nitrogen and oxygen atoms in total. The number of aromatic nitrogens is 3. The number of pyridine rings is 1. The van der Waals surface area contributed by atoms with Crippen LogP contribution in [0.25, 0.3) is 21.9 Å². The summed E-state index contributed by atoms with van der Waals surface area (Å²) < 4.78 is 2.05. The van der Waals surface area contributed by atoms with E-state index in [0.717, 1.165) is 41.6 Å².